The molecule has 0 spiro atoms. The molecule has 8 nitrogen and oxygen atoms in total. The largest absolute Gasteiger partial charge is 0.399 e. The van der Waals surface area contributed by atoms with Crippen molar-refractivity contribution in [2.75, 3.05) is 20.2 Å². The standard InChI is InChI=1S/C26H26N4O4/c1-34-29-21-15-23(25(32)28-16-24(31)19-7-3-2-4-8-19)30(17-21)26(33)20-12-10-18(11-13-20)22-9-5-6-14-27-22/h2-14,23-24,31H,15-17H2,1H3,(H,28,32)/b29-21+. The molecule has 3 aromatic rings. The first-order valence-corrected chi connectivity index (χ1v) is 11.0. The SMILES string of the molecule is CO/N=C1\CC(C(=O)NCC(O)c2ccccc2)N(C(=O)c2ccc(-c3ccccn3)cc2)C1. The van der Waals surface area contributed by atoms with Crippen molar-refractivity contribution in [3.63, 3.8) is 0 Å². The summed E-state index contributed by atoms with van der Waals surface area (Å²) in [7, 11) is 1.43. The number of aromatic nitrogens is 1. The van der Waals surface area contributed by atoms with Crippen LogP contribution in [0.3, 0.4) is 0 Å². The molecule has 2 atom stereocenters. The van der Waals surface area contributed by atoms with Crippen LogP contribution in [0.25, 0.3) is 11.3 Å². The summed E-state index contributed by atoms with van der Waals surface area (Å²) < 4.78 is 0. The maximum Gasteiger partial charge on any atom is 0.254 e. The van der Waals surface area contributed by atoms with Gasteiger partial charge in [0.15, 0.2) is 0 Å². The fourth-order valence-electron chi connectivity index (χ4n) is 3.94. The quantitative estimate of drug-likeness (QED) is 0.530. The van der Waals surface area contributed by atoms with Gasteiger partial charge in [0.25, 0.3) is 5.91 Å². The van der Waals surface area contributed by atoms with Crippen molar-refractivity contribution in [2.24, 2.45) is 5.16 Å². The molecule has 1 aliphatic rings. The molecule has 0 bridgehead atoms. The van der Waals surface area contributed by atoms with Crippen molar-refractivity contribution >= 4 is 17.5 Å². The van der Waals surface area contributed by atoms with Gasteiger partial charge in [-0.3, -0.25) is 14.6 Å². The summed E-state index contributed by atoms with van der Waals surface area (Å²) in [5.41, 5.74) is 3.47. The van der Waals surface area contributed by atoms with Gasteiger partial charge in [0.2, 0.25) is 5.91 Å². The molecule has 1 aliphatic heterocycles. The molecular formula is C26H26N4O4. The van der Waals surface area contributed by atoms with Gasteiger partial charge in [-0.15, -0.1) is 0 Å². The number of benzene rings is 2. The minimum absolute atomic E-state index is 0.0386. The molecular weight excluding hydrogens is 432 g/mol. The average molecular weight is 459 g/mol. The van der Waals surface area contributed by atoms with Gasteiger partial charge in [-0.2, -0.15) is 0 Å². The van der Waals surface area contributed by atoms with Crippen LogP contribution in [0.15, 0.2) is 84.1 Å². The van der Waals surface area contributed by atoms with Crippen LogP contribution in [0, 0.1) is 0 Å². The lowest BCUT2D eigenvalue weighted by Gasteiger charge is -2.24. The van der Waals surface area contributed by atoms with Gasteiger partial charge in [0.05, 0.1) is 24.1 Å². The number of likely N-dealkylation sites (tertiary alicyclic amines) is 1. The number of nitrogens with zero attached hydrogens (tertiary/aromatic N) is 3. The van der Waals surface area contributed by atoms with E-state index in [-0.39, 0.29) is 31.3 Å². The summed E-state index contributed by atoms with van der Waals surface area (Å²) in [5, 5.41) is 17.1. The fourth-order valence-corrected chi connectivity index (χ4v) is 3.94. The van der Waals surface area contributed by atoms with E-state index >= 15 is 0 Å². The fraction of sp³-hybridized carbons (Fsp3) is 0.231. The third kappa shape index (κ3) is 5.29. The number of hydrogen-bond acceptors (Lipinski definition) is 6. The summed E-state index contributed by atoms with van der Waals surface area (Å²) in [6.07, 6.45) is 1.13. The molecule has 2 amide bonds. The Kier molecular flexibility index (Phi) is 7.29. The predicted molar refractivity (Wildman–Crippen MR) is 128 cm³/mol. The number of hydrogen-bond donors (Lipinski definition) is 2. The zero-order chi connectivity index (χ0) is 23.9. The van der Waals surface area contributed by atoms with Gasteiger partial charge in [0, 0.05) is 30.3 Å². The minimum atomic E-state index is -0.845. The molecule has 1 fully saturated rings. The van der Waals surface area contributed by atoms with Crippen molar-refractivity contribution in [2.45, 2.75) is 18.6 Å². The van der Waals surface area contributed by atoms with Crippen molar-refractivity contribution < 1.29 is 19.5 Å². The molecule has 0 radical (unpaired) electrons. The topological polar surface area (TPSA) is 104 Å². The first kappa shape index (κ1) is 23.1. The Morgan fingerprint density at radius 3 is 2.53 bits per heavy atom. The third-order valence-electron chi connectivity index (χ3n) is 5.69. The second-order valence-electron chi connectivity index (χ2n) is 7.96. The second kappa shape index (κ2) is 10.7. The van der Waals surface area contributed by atoms with E-state index in [1.807, 2.05) is 48.5 Å². The predicted octanol–water partition coefficient (Wildman–Crippen LogP) is 2.82. The zero-order valence-corrected chi connectivity index (χ0v) is 18.8. The summed E-state index contributed by atoms with van der Waals surface area (Å²) in [5.74, 6) is -0.632. The summed E-state index contributed by atoms with van der Waals surface area (Å²) in [6, 6.07) is 21.1. The molecule has 34 heavy (non-hydrogen) atoms. The molecule has 2 aromatic carbocycles. The lowest BCUT2D eigenvalue weighted by Crippen LogP contribution is -2.46. The summed E-state index contributed by atoms with van der Waals surface area (Å²) in [6.45, 7) is 0.227. The van der Waals surface area contributed by atoms with E-state index in [2.05, 4.69) is 15.5 Å². The van der Waals surface area contributed by atoms with Crippen LogP contribution in [0.1, 0.15) is 28.4 Å². The molecule has 1 aromatic heterocycles. The number of carbonyl (C=O) groups excluding carboxylic acids is 2. The lowest BCUT2D eigenvalue weighted by molar-refractivity contribution is -0.125. The number of aliphatic hydroxyl groups is 1. The van der Waals surface area contributed by atoms with Crippen LogP contribution in [0.4, 0.5) is 0 Å². The normalized spacial score (nSPS) is 17.4. The Morgan fingerprint density at radius 1 is 1.12 bits per heavy atom. The first-order valence-electron chi connectivity index (χ1n) is 11.0. The molecule has 174 valence electrons. The van der Waals surface area contributed by atoms with Crippen LogP contribution in [-0.2, 0) is 9.63 Å². The second-order valence-corrected chi connectivity index (χ2v) is 7.96. The molecule has 2 heterocycles. The van der Waals surface area contributed by atoms with Crippen molar-refractivity contribution in [3.8, 4) is 11.3 Å². The van der Waals surface area contributed by atoms with Gasteiger partial charge >= 0.3 is 0 Å². The van der Waals surface area contributed by atoms with Gasteiger partial charge in [-0.1, -0.05) is 53.7 Å². The van der Waals surface area contributed by atoms with Crippen LogP contribution >= 0.6 is 0 Å². The zero-order valence-electron chi connectivity index (χ0n) is 18.8. The van der Waals surface area contributed by atoms with Gasteiger partial charge in [0.1, 0.15) is 13.2 Å². The number of rotatable bonds is 7. The van der Waals surface area contributed by atoms with Crippen LogP contribution in [-0.4, -0.2) is 58.8 Å². The highest BCUT2D eigenvalue weighted by atomic mass is 16.6. The molecule has 2 unspecified atom stereocenters. The number of amides is 2. The Labute approximate surface area is 197 Å². The van der Waals surface area contributed by atoms with Crippen molar-refractivity contribution in [3.05, 3.63) is 90.1 Å². The van der Waals surface area contributed by atoms with E-state index in [1.165, 1.54) is 12.0 Å². The van der Waals surface area contributed by atoms with E-state index in [0.717, 1.165) is 11.3 Å². The Hall–Kier alpha value is -4.04. The first-order chi connectivity index (χ1) is 16.6. The number of pyridine rings is 1. The smallest absolute Gasteiger partial charge is 0.254 e. The Balaban J connectivity index is 1.47. The molecule has 2 N–H and O–H groups in total. The number of carbonyl (C=O) groups is 2. The average Bonchev–Trinajstić information content (AvgIpc) is 3.32. The Bertz CT molecular complexity index is 1150. The van der Waals surface area contributed by atoms with Crippen LogP contribution in [0.5, 0.6) is 0 Å². The maximum atomic E-state index is 13.3. The monoisotopic (exact) mass is 458 g/mol. The van der Waals surface area contributed by atoms with E-state index < -0.39 is 12.1 Å². The van der Waals surface area contributed by atoms with E-state index in [1.54, 1.807) is 30.5 Å². The van der Waals surface area contributed by atoms with E-state index in [0.29, 0.717) is 16.8 Å². The summed E-state index contributed by atoms with van der Waals surface area (Å²) >= 11 is 0. The highest BCUT2D eigenvalue weighted by Gasteiger charge is 2.38. The minimum Gasteiger partial charge on any atom is -0.399 e. The number of oxime groups is 1. The van der Waals surface area contributed by atoms with Crippen molar-refractivity contribution in [1.82, 2.24) is 15.2 Å². The maximum absolute atomic E-state index is 13.3. The number of nitrogens with one attached hydrogen (secondary N) is 1. The molecule has 1 saturated heterocycles. The van der Waals surface area contributed by atoms with Crippen molar-refractivity contribution in [1.29, 1.82) is 0 Å². The van der Waals surface area contributed by atoms with Gasteiger partial charge in [-0.05, 0) is 29.8 Å². The molecule has 8 heteroatoms. The molecule has 4 rings (SSSR count). The van der Waals surface area contributed by atoms with Gasteiger partial charge in [-0.25, -0.2) is 0 Å². The van der Waals surface area contributed by atoms with Crippen LogP contribution < -0.4 is 5.32 Å². The summed E-state index contributed by atoms with van der Waals surface area (Å²) in [4.78, 5) is 37.0. The highest BCUT2D eigenvalue weighted by molar-refractivity contribution is 6.05. The molecule has 0 aliphatic carbocycles. The third-order valence-corrected chi connectivity index (χ3v) is 5.69. The van der Waals surface area contributed by atoms with E-state index in [4.69, 9.17) is 4.84 Å². The van der Waals surface area contributed by atoms with E-state index in [9.17, 15) is 14.7 Å². The molecule has 0 saturated carbocycles. The number of aliphatic hydroxyl groups excluding tert-OH is 1. The lowest BCUT2D eigenvalue weighted by atomic mass is 10.1. The Morgan fingerprint density at radius 2 is 1.85 bits per heavy atom. The highest BCUT2D eigenvalue weighted by Crippen LogP contribution is 2.22. The van der Waals surface area contributed by atoms with Gasteiger partial charge < -0.3 is 20.2 Å². The van der Waals surface area contributed by atoms with Crippen LogP contribution in [0.2, 0.25) is 0 Å².